The summed E-state index contributed by atoms with van der Waals surface area (Å²) in [5.74, 6) is -0.726. The second kappa shape index (κ2) is 17.4. The molecule has 18 heteroatoms. The number of fused-ring (bicyclic) bond motifs is 2. The topological polar surface area (TPSA) is 163 Å². The van der Waals surface area contributed by atoms with Crippen LogP contribution < -0.4 is 25.2 Å². The number of nitriles is 1. The first-order valence-corrected chi connectivity index (χ1v) is 21.3. The van der Waals surface area contributed by atoms with Crippen LogP contribution in [-0.4, -0.2) is 99.4 Å². The fourth-order valence-corrected chi connectivity index (χ4v) is 9.49. The molecule has 1 unspecified atom stereocenters. The van der Waals surface area contributed by atoms with Gasteiger partial charge in [0.25, 0.3) is 5.56 Å². The van der Waals surface area contributed by atoms with Gasteiger partial charge in [-0.05, 0) is 86.7 Å². The fraction of sp³-hybridized carbons (Fsp3) is 0.442. The number of carbonyl (C=O) groups is 2. The number of nitrogens with zero attached hydrogens (tertiary/aromatic N) is 8. The van der Waals surface area contributed by atoms with Gasteiger partial charge in [0.05, 0.1) is 46.7 Å². The number of urea groups is 1. The van der Waals surface area contributed by atoms with Crippen LogP contribution >= 0.6 is 12.1 Å². The number of hydrogen-bond donors (Lipinski definition) is 2. The molecule has 15 nitrogen and oxygen atoms in total. The van der Waals surface area contributed by atoms with Gasteiger partial charge in [0.2, 0.25) is 0 Å². The predicted molar refractivity (Wildman–Crippen MR) is 229 cm³/mol. The van der Waals surface area contributed by atoms with Gasteiger partial charge in [0.1, 0.15) is 29.5 Å². The number of aryl methyl sites for hydroxylation is 1. The zero-order chi connectivity index (χ0) is 43.0. The van der Waals surface area contributed by atoms with Crippen molar-refractivity contribution in [3.8, 4) is 17.6 Å². The number of carbonyl (C=O) groups excluding carboxylic acids is 2. The molecular weight excluding hydrogens is 807 g/mol. The summed E-state index contributed by atoms with van der Waals surface area (Å²) in [5, 5.41) is 17.9. The average Bonchev–Trinajstić information content (AvgIpc) is 3.84. The first-order valence-electron chi connectivity index (χ1n) is 20.5. The van der Waals surface area contributed by atoms with Crippen molar-refractivity contribution in [1.29, 1.82) is 5.26 Å². The van der Waals surface area contributed by atoms with E-state index >= 15 is 8.78 Å². The molecule has 320 valence electrons. The summed E-state index contributed by atoms with van der Waals surface area (Å²) >= 11 is 1.27. The van der Waals surface area contributed by atoms with Gasteiger partial charge in [-0.2, -0.15) is 10.4 Å². The molecule has 4 heterocycles. The maximum atomic E-state index is 15.8. The lowest BCUT2D eigenvalue weighted by atomic mass is 9.78. The number of anilines is 2. The first kappa shape index (κ1) is 42.1. The highest BCUT2D eigenvalue weighted by Crippen LogP contribution is 2.45. The van der Waals surface area contributed by atoms with Crippen molar-refractivity contribution in [2.24, 2.45) is 7.05 Å². The minimum absolute atomic E-state index is 0.00394. The minimum atomic E-state index is -0.705. The Labute approximate surface area is 355 Å². The molecule has 0 bridgehead atoms. The SMILES string of the molecule is CCN(C)SNc1ccc(F)c(Oc2ccc3ncn(C4COC5(C4)CN(C4CCC(c6cc7c(cc6F)c(N(CCC=O)C(=O)NC)nn7C)CC4)C5)c(=O)c3c2)c1C#N. The number of likely N-dealkylation sites (tertiary alicyclic amines) is 1. The molecule has 2 saturated heterocycles. The highest BCUT2D eigenvalue weighted by molar-refractivity contribution is 7.98. The fourth-order valence-electron chi connectivity index (χ4n) is 8.93. The highest BCUT2D eigenvalue weighted by Gasteiger charge is 2.52. The Morgan fingerprint density at radius 2 is 1.90 bits per heavy atom. The van der Waals surface area contributed by atoms with E-state index in [1.807, 2.05) is 30.4 Å². The Balaban J connectivity index is 0.904. The summed E-state index contributed by atoms with van der Waals surface area (Å²) < 4.78 is 51.5. The molecule has 3 aliphatic rings. The Hall–Kier alpha value is -5.61. The lowest BCUT2D eigenvalue weighted by Crippen LogP contribution is -2.64. The van der Waals surface area contributed by atoms with E-state index < -0.39 is 11.8 Å². The van der Waals surface area contributed by atoms with Gasteiger partial charge < -0.3 is 24.3 Å². The second-order valence-corrected chi connectivity index (χ2v) is 17.1. The van der Waals surface area contributed by atoms with Crippen LogP contribution in [0.4, 0.5) is 25.1 Å². The molecule has 1 aliphatic carbocycles. The van der Waals surface area contributed by atoms with E-state index in [2.05, 4.69) is 25.0 Å². The largest absolute Gasteiger partial charge is 0.453 e. The van der Waals surface area contributed by atoms with Crippen molar-refractivity contribution < 1.29 is 27.8 Å². The number of nitrogens with one attached hydrogen (secondary N) is 2. The number of rotatable bonds is 13. The van der Waals surface area contributed by atoms with E-state index in [0.717, 1.165) is 57.1 Å². The maximum Gasteiger partial charge on any atom is 0.322 e. The van der Waals surface area contributed by atoms with Crippen LogP contribution in [0.3, 0.4) is 0 Å². The van der Waals surface area contributed by atoms with Crippen LogP contribution in [0, 0.1) is 23.0 Å². The van der Waals surface area contributed by atoms with E-state index in [1.165, 1.54) is 48.3 Å². The number of aldehydes is 1. The standard InChI is InChI=1S/C43H48F2N10O5S/c1-5-51(3)61-50-37-14-12-34(44)39(33(37)21-46)60-29-11-13-36-31(17-29)41(57)55(25-48-36)28-20-43(59-22-28)23-53(24-43)27-9-7-26(8-10-27)30-19-38-32(18-35(30)45)40(49-52(38)4)54(15-6-16-56)42(58)47-2/h11-14,16-19,25-28,50H,5-10,15,20,22-24H2,1-4H3,(H,47,58). The van der Waals surface area contributed by atoms with E-state index in [9.17, 15) is 19.6 Å². The van der Waals surface area contributed by atoms with Crippen LogP contribution in [0.1, 0.15) is 68.5 Å². The van der Waals surface area contributed by atoms with E-state index in [-0.39, 0.29) is 59.0 Å². The van der Waals surface area contributed by atoms with Crippen molar-refractivity contribution in [1.82, 2.24) is 33.9 Å². The van der Waals surface area contributed by atoms with E-state index in [0.29, 0.717) is 52.4 Å². The number of ether oxygens (including phenoxy) is 2. The van der Waals surface area contributed by atoms with Crippen LogP contribution in [0.25, 0.3) is 21.8 Å². The third-order valence-electron chi connectivity index (χ3n) is 12.3. The van der Waals surface area contributed by atoms with Crippen LogP contribution in [-0.2, 0) is 16.6 Å². The summed E-state index contributed by atoms with van der Waals surface area (Å²) in [5.41, 5.74) is 1.59. The average molecular weight is 855 g/mol. The summed E-state index contributed by atoms with van der Waals surface area (Å²) in [4.78, 5) is 46.0. The van der Waals surface area contributed by atoms with Crippen LogP contribution in [0.15, 0.2) is 53.6 Å². The van der Waals surface area contributed by atoms with Gasteiger partial charge in [-0.25, -0.2) is 22.9 Å². The third kappa shape index (κ3) is 8.14. The van der Waals surface area contributed by atoms with Crippen molar-refractivity contribution in [3.63, 3.8) is 0 Å². The Kier molecular flexibility index (Phi) is 12.0. The van der Waals surface area contributed by atoms with Gasteiger partial charge in [0, 0.05) is 76.7 Å². The molecule has 3 fully saturated rings. The predicted octanol–water partition coefficient (Wildman–Crippen LogP) is 6.63. The Morgan fingerprint density at radius 3 is 2.62 bits per heavy atom. The quantitative estimate of drug-likeness (QED) is 0.0962. The molecule has 1 atom stereocenters. The molecule has 2 amide bonds. The van der Waals surface area contributed by atoms with Crippen LogP contribution in [0.2, 0.25) is 0 Å². The zero-order valence-electron chi connectivity index (χ0n) is 34.5. The Morgan fingerprint density at radius 1 is 1.11 bits per heavy atom. The Bertz CT molecular complexity index is 2580. The minimum Gasteiger partial charge on any atom is -0.453 e. The highest BCUT2D eigenvalue weighted by atomic mass is 32.2. The molecule has 3 aromatic carbocycles. The van der Waals surface area contributed by atoms with Crippen molar-refractivity contribution >= 4 is 57.8 Å². The summed E-state index contributed by atoms with van der Waals surface area (Å²) in [6.45, 7) is 4.70. The van der Waals surface area contributed by atoms with Gasteiger partial charge in [0.15, 0.2) is 17.4 Å². The molecule has 5 aromatic rings. The molecular formula is C43H48F2N10O5S. The monoisotopic (exact) mass is 854 g/mol. The molecule has 0 radical (unpaired) electrons. The van der Waals surface area contributed by atoms with Gasteiger partial charge in [-0.1, -0.05) is 6.92 Å². The normalized spacial score (nSPS) is 19.9. The van der Waals surface area contributed by atoms with Crippen molar-refractivity contribution in [2.75, 3.05) is 56.5 Å². The lowest BCUT2D eigenvalue weighted by molar-refractivity contribution is -0.130. The van der Waals surface area contributed by atoms with Crippen LogP contribution in [0.5, 0.6) is 11.5 Å². The van der Waals surface area contributed by atoms with Gasteiger partial charge in [-0.3, -0.25) is 23.8 Å². The zero-order valence-corrected chi connectivity index (χ0v) is 35.3. The third-order valence-corrected chi connectivity index (χ3v) is 13.2. The molecule has 8 rings (SSSR count). The number of aromatic nitrogens is 4. The summed E-state index contributed by atoms with van der Waals surface area (Å²) in [7, 11) is 5.15. The van der Waals surface area contributed by atoms with Crippen molar-refractivity contribution in [3.05, 3.63) is 81.9 Å². The second-order valence-electron chi connectivity index (χ2n) is 16.0. The van der Waals surface area contributed by atoms with E-state index in [4.69, 9.17) is 9.47 Å². The van der Waals surface area contributed by atoms with E-state index in [1.54, 1.807) is 34.8 Å². The summed E-state index contributed by atoms with van der Waals surface area (Å²) in [6.07, 6.45) is 6.52. The molecule has 1 saturated carbocycles. The molecule has 2 N–H and O–H groups in total. The first-order chi connectivity index (χ1) is 29.5. The summed E-state index contributed by atoms with van der Waals surface area (Å²) in [6, 6.07) is 12.5. The number of halogens is 2. The molecule has 1 spiro atoms. The molecule has 61 heavy (non-hydrogen) atoms. The number of hydrogen-bond acceptors (Lipinski definition) is 12. The molecule has 2 aromatic heterocycles. The maximum absolute atomic E-state index is 15.8. The molecule has 2 aliphatic heterocycles. The number of amides is 2. The van der Waals surface area contributed by atoms with Gasteiger partial charge >= 0.3 is 6.03 Å². The number of benzene rings is 3. The van der Waals surface area contributed by atoms with Gasteiger partial charge in [-0.15, -0.1) is 0 Å². The lowest BCUT2D eigenvalue weighted by Gasteiger charge is -2.52. The van der Waals surface area contributed by atoms with Crippen molar-refractivity contribution in [2.45, 2.75) is 69.1 Å². The smallest absolute Gasteiger partial charge is 0.322 e.